The molecule has 1 rings (SSSR count). The first-order chi connectivity index (χ1) is 6.92. The van der Waals surface area contributed by atoms with Crippen molar-refractivity contribution in [1.29, 1.82) is 0 Å². The molecule has 1 heteroatoms. The fourth-order valence-corrected chi connectivity index (χ4v) is 2.01. The van der Waals surface area contributed by atoms with Crippen LogP contribution in [0.2, 0.25) is 0 Å². The van der Waals surface area contributed by atoms with E-state index >= 15 is 0 Å². The number of benzene rings is 1. The average molecular weight is 205 g/mol. The Hall–Kier alpha value is -0.980. The number of anilines is 1. The van der Waals surface area contributed by atoms with Crippen LogP contribution in [0.25, 0.3) is 0 Å². The summed E-state index contributed by atoms with van der Waals surface area (Å²) in [6.45, 7) is 9.15. The molecule has 0 bridgehead atoms. The smallest absolute Gasteiger partial charge is 0.0314 e. The summed E-state index contributed by atoms with van der Waals surface area (Å²) >= 11 is 0. The second-order valence-electron chi connectivity index (χ2n) is 5.54. The Bertz CT molecular complexity index is 292. The molecule has 0 aromatic heterocycles. The third kappa shape index (κ3) is 3.94. The molecule has 1 aromatic rings. The summed E-state index contributed by atoms with van der Waals surface area (Å²) in [6.07, 6.45) is 2.43. The highest BCUT2D eigenvalue weighted by Gasteiger charge is 2.18. The molecule has 84 valence electrons. The van der Waals surface area contributed by atoms with E-state index in [2.05, 4.69) is 39.8 Å². The Morgan fingerprint density at radius 1 is 1.13 bits per heavy atom. The van der Waals surface area contributed by atoms with Gasteiger partial charge in [0.05, 0.1) is 0 Å². The van der Waals surface area contributed by atoms with E-state index in [9.17, 15) is 0 Å². The van der Waals surface area contributed by atoms with Crippen LogP contribution in [0.15, 0.2) is 24.3 Å². The van der Waals surface area contributed by atoms with E-state index in [0.29, 0.717) is 11.3 Å². The first kappa shape index (κ1) is 12.1. The van der Waals surface area contributed by atoms with Gasteiger partial charge in [0.1, 0.15) is 0 Å². The Morgan fingerprint density at radius 3 is 2.07 bits per heavy atom. The summed E-state index contributed by atoms with van der Waals surface area (Å²) in [5.74, 6) is 0.658. The van der Waals surface area contributed by atoms with Crippen LogP contribution in [0.4, 0.5) is 5.69 Å². The van der Waals surface area contributed by atoms with Gasteiger partial charge in [-0.05, 0) is 41.9 Å². The summed E-state index contributed by atoms with van der Waals surface area (Å²) in [4.78, 5) is 0. The van der Waals surface area contributed by atoms with E-state index in [1.165, 1.54) is 18.4 Å². The Morgan fingerprint density at radius 2 is 1.67 bits per heavy atom. The van der Waals surface area contributed by atoms with Crippen LogP contribution >= 0.6 is 0 Å². The van der Waals surface area contributed by atoms with Crippen LogP contribution in [0.3, 0.4) is 0 Å². The molecule has 0 aliphatic heterocycles. The molecule has 15 heavy (non-hydrogen) atoms. The van der Waals surface area contributed by atoms with Gasteiger partial charge in [0.15, 0.2) is 0 Å². The van der Waals surface area contributed by atoms with E-state index in [4.69, 9.17) is 5.73 Å². The predicted octanol–water partition coefficient (Wildman–Crippen LogP) is 4.20. The van der Waals surface area contributed by atoms with E-state index in [0.717, 1.165) is 5.69 Å². The van der Waals surface area contributed by atoms with Gasteiger partial charge in [-0.1, -0.05) is 39.8 Å². The van der Waals surface area contributed by atoms with Gasteiger partial charge >= 0.3 is 0 Å². The normalized spacial score (nSPS) is 13.9. The summed E-state index contributed by atoms with van der Waals surface area (Å²) in [7, 11) is 0. The van der Waals surface area contributed by atoms with Gasteiger partial charge < -0.3 is 5.73 Å². The number of hydrogen-bond donors (Lipinski definition) is 1. The molecule has 0 aliphatic rings. The Balaban J connectivity index is 2.79. The summed E-state index contributed by atoms with van der Waals surface area (Å²) in [5, 5.41) is 0. The molecule has 0 aliphatic carbocycles. The minimum atomic E-state index is 0.391. The first-order valence-corrected chi connectivity index (χ1v) is 5.78. The van der Waals surface area contributed by atoms with Crippen LogP contribution in [-0.2, 0) is 0 Å². The molecular weight excluding hydrogens is 182 g/mol. The molecule has 1 atom stereocenters. The lowest BCUT2D eigenvalue weighted by Crippen LogP contribution is -2.11. The number of hydrogen-bond acceptors (Lipinski definition) is 1. The number of nitrogen functional groups attached to an aromatic ring is 1. The second-order valence-corrected chi connectivity index (χ2v) is 5.54. The van der Waals surface area contributed by atoms with Crippen molar-refractivity contribution < 1.29 is 0 Å². The Kier molecular flexibility index (Phi) is 3.78. The molecule has 1 nitrogen and oxygen atoms in total. The van der Waals surface area contributed by atoms with Crippen molar-refractivity contribution in [3.8, 4) is 0 Å². The van der Waals surface area contributed by atoms with Gasteiger partial charge in [-0.25, -0.2) is 0 Å². The standard InChI is InChI=1S/C14H23N/c1-5-11(10-14(2,3)4)12-6-8-13(15)9-7-12/h6-9,11H,5,10,15H2,1-4H3. The van der Waals surface area contributed by atoms with E-state index < -0.39 is 0 Å². The van der Waals surface area contributed by atoms with Gasteiger partial charge in [0.25, 0.3) is 0 Å². The first-order valence-electron chi connectivity index (χ1n) is 5.78. The van der Waals surface area contributed by atoms with Crippen molar-refractivity contribution in [3.05, 3.63) is 29.8 Å². The van der Waals surface area contributed by atoms with E-state index in [1.807, 2.05) is 12.1 Å². The maximum Gasteiger partial charge on any atom is 0.0314 e. The summed E-state index contributed by atoms with van der Waals surface area (Å²) in [6, 6.07) is 8.33. The zero-order chi connectivity index (χ0) is 11.5. The van der Waals surface area contributed by atoms with Gasteiger partial charge in [0.2, 0.25) is 0 Å². The fraction of sp³-hybridized carbons (Fsp3) is 0.571. The maximum absolute atomic E-state index is 5.70. The molecule has 2 N–H and O–H groups in total. The second kappa shape index (κ2) is 4.69. The van der Waals surface area contributed by atoms with E-state index in [1.54, 1.807) is 0 Å². The third-order valence-corrected chi connectivity index (χ3v) is 2.76. The van der Waals surface area contributed by atoms with Crippen molar-refractivity contribution in [2.24, 2.45) is 5.41 Å². The molecule has 0 radical (unpaired) electrons. The van der Waals surface area contributed by atoms with Crippen LogP contribution < -0.4 is 5.73 Å². The van der Waals surface area contributed by atoms with Gasteiger partial charge in [0, 0.05) is 5.69 Å². The molecule has 0 amide bonds. The number of rotatable bonds is 3. The summed E-state index contributed by atoms with van der Waals surface area (Å²) < 4.78 is 0. The zero-order valence-electron chi connectivity index (χ0n) is 10.4. The third-order valence-electron chi connectivity index (χ3n) is 2.76. The molecular formula is C14H23N. The highest BCUT2D eigenvalue weighted by atomic mass is 14.5. The molecule has 0 heterocycles. The van der Waals surface area contributed by atoms with Crippen molar-refractivity contribution in [2.75, 3.05) is 5.73 Å². The van der Waals surface area contributed by atoms with Gasteiger partial charge in [-0.3, -0.25) is 0 Å². The molecule has 0 saturated carbocycles. The largest absolute Gasteiger partial charge is 0.399 e. The maximum atomic E-state index is 5.70. The lowest BCUT2D eigenvalue weighted by molar-refractivity contribution is 0.335. The average Bonchev–Trinajstić information content (AvgIpc) is 2.14. The molecule has 0 saturated heterocycles. The van der Waals surface area contributed by atoms with Gasteiger partial charge in [-0.15, -0.1) is 0 Å². The highest BCUT2D eigenvalue weighted by molar-refractivity contribution is 5.40. The van der Waals surface area contributed by atoms with Crippen molar-refractivity contribution in [2.45, 2.75) is 46.5 Å². The summed E-state index contributed by atoms with van der Waals surface area (Å²) in [5.41, 5.74) is 8.36. The molecule has 1 unspecified atom stereocenters. The van der Waals surface area contributed by atoms with Crippen LogP contribution in [0, 0.1) is 5.41 Å². The quantitative estimate of drug-likeness (QED) is 0.735. The lowest BCUT2D eigenvalue weighted by Gasteiger charge is -2.25. The van der Waals surface area contributed by atoms with Crippen LogP contribution in [0.5, 0.6) is 0 Å². The van der Waals surface area contributed by atoms with Crippen molar-refractivity contribution in [1.82, 2.24) is 0 Å². The zero-order valence-corrected chi connectivity index (χ0v) is 10.4. The topological polar surface area (TPSA) is 26.0 Å². The number of nitrogens with two attached hydrogens (primary N) is 1. The fourth-order valence-electron chi connectivity index (χ4n) is 2.01. The van der Waals surface area contributed by atoms with E-state index in [-0.39, 0.29) is 0 Å². The lowest BCUT2D eigenvalue weighted by atomic mass is 9.80. The predicted molar refractivity (Wildman–Crippen MR) is 68.0 cm³/mol. The van der Waals surface area contributed by atoms with Gasteiger partial charge in [-0.2, -0.15) is 0 Å². The minimum Gasteiger partial charge on any atom is -0.399 e. The SMILES string of the molecule is CCC(CC(C)(C)C)c1ccc(N)cc1. The molecule has 1 aromatic carbocycles. The monoisotopic (exact) mass is 205 g/mol. The molecule has 0 fully saturated rings. The molecule has 0 spiro atoms. The Labute approximate surface area is 93.7 Å². The minimum absolute atomic E-state index is 0.391. The van der Waals surface area contributed by atoms with Crippen LogP contribution in [-0.4, -0.2) is 0 Å². The van der Waals surface area contributed by atoms with Crippen LogP contribution in [0.1, 0.15) is 52.0 Å². The highest BCUT2D eigenvalue weighted by Crippen LogP contribution is 2.33. The van der Waals surface area contributed by atoms with Crippen molar-refractivity contribution in [3.63, 3.8) is 0 Å². The van der Waals surface area contributed by atoms with Crippen molar-refractivity contribution >= 4 is 5.69 Å².